The summed E-state index contributed by atoms with van der Waals surface area (Å²) in [7, 11) is 4.00. The van der Waals surface area contributed by atoms with Crippen molar-refractivity contribution in [2.75, 3.05) is 37.8 Å². The fraction of sp³-hybridized carbons (Fsp3) is 0.219. The van der Waals surface area contributed by atoms with E-state index in [1.165, 1.54) is 12.1 Å². The highest BCUT2D eigenvalue weighted by Gasteiger charge is 2.17. The van der Waals surface area contributed by atoms with E-state index in [0.717, 1.165) is 39.7 Å². The fourth-order valence-electron chi connectivity index (χ4n) is 4.84. The van der Waals surface area contributed by atoms with Crippen molar-refractivity contribution in [2.24, 2.45) is 5.92 Å². The van der Waals surface area contributed by atoms with Gasteiger partial charge in [-0.2, -0.15) is 5.10 Å². The Kier molecular flexibility index (Phi) is 7.56. The maximum atomic E-state index is 14.7. The lowest BCUT2D eigenvalue weighted by atomic mass is 10.0. The van der Waals surface area contributed by atoms with Crippen molar-refractivity contribution in [2.45, 2.75) is 13.8 Å². The predicted octanol–water partition coefficient (Wildman–Crippen LogP) is 5.94. The molecular weight excluding hydrogens is 545 g/mol. The molecule has 0 atom stereocenters. The van der Waals surface area contributed by atoms with E-state index in [1.807, 2.05) is 64.3 Å². The largest absolute Gasteiger partial charge is 0.384 e. The number of nitrogens with one attached hydrogen (secondary N) is 4. The molecule has 0 aliphatic carbocycles. The molecule has 0 saturated carbocycles. The van der Waals surface area contributed by atoms with Crippen molar-refractivity contribution in [3.8, 4) is 33.9 Å². The van der Waals surface area contributed by atoms with Gasteiger partial charge in [0.2, 0.25) is 5.91 Å². The number of H-pyrrole nitrogens is 2. The summed E-state index contributed by atoms with van der Waals surface area (Å²) in [5, 5.41) is 14.6. The van der Waals surface area contributed by atoms with E-state index in [-0.39, 0.29) is 17.6 Å². The molecule has 0 aliphatic rings. The minimum absolute atomic E-state index is 0.0845. The summed E-state index contributed by atoms with van der Waals surface area (Å²) in [6.45, 7) is 5.20. The van der Waals surface area contributed by atoms with Gasteiger partial charge in [-0.25, -0.2) is 9.37 Å². The second-order valence-electron chi connectivity index (χ2n) is 11.0. The van der Waals surface area contributed by atoms with Crippen LogP contribution in [0.25, 0.3) is 55.8 Å². The maximum absolute atomic E-state index is 14.7. The third-order valence-electron chi connectivity index (χ3n) is 7.11. The number of amides is 1. The lowest BCUT2D eigenvalue weighted by Gasteiger charge is -2.13. The molecule has 0 fully saturated rings. The van der Waals surface area contributed by atoms with Crippen molar-refractivity contribution in [1.29, 1.82) is 0 Å². The number of imidazole rings is 1. The fourth-order valence-corrected chi connectivity index (χ4v) is 4.84. The van der Waals surface area contributed by atoms with Crippen molar-refractivity contribution in [3.63, 3.8) is 0 Å². The first-order valence-corrected chi connectivity index (χ1v) is 14.0. The van der Waals surface area contributed by atoms with Gasteiger partial charge in [0.05, 0.1) is 40.3 Å². The van der Waals surface area contributed by atoms with Gasteiger partial charge in [0.15, 0.2) is 5.82 Å². The summed E-state index contributed by atoms with van der Waals surface area (Å²) in [5.74, 6) is 0.0170. The molecule has 4 aromatic heterocycles. The van der Waals surface area contributed by atoms with Gasteiger partial charge in [-0.3, -0.25) is 19.9 Å². The second-order valence-corrected chi connectivity index (χ2v) is 11.0. The molecule has 0 saturated heterocycles. The topological polar surface area (TPSA) is 128 Å². The molecule has 4 heterocycles. The molecule has 1 amide bonds. The third kappa shape index (κ3) is 5.93. The van der Waals surface area contributed by atoms with Gasteiger partial charge < -0.3 is 20.5 Å². The number of hydrogen-bond acceptors (Lipinski definition) is 7. The number of fused-ring (bicyclic) bond motifs is 2. The molecule has 6 rings (SSSR count). The van der Waals surface area contributed by atoms with Crippen LogP contribution in [-0.4, -0.2) is 68.1 Å². The lowest BCUT2D eigenvalue weighted by Crippen LogP contribution is -2.20. The Labute approximate surface area is 247 Å². The van der Waals surface area contributed by atoms with Gasteiger partial charge in [0.1, 0.15) is 11.5 Å². The van der Waals surface area contributed by atoms with Gasteiger partial charge in [-0.05, 0) is 56.1 Å². The minimum Gasteiger partial charge on any atom is -0.384 e. The number of benzene rings is 2. The molecule has 10 nitrogen and oxygen atoms in total. The standard InChI is InChI=1S/C32H32FN9O/c1-18(2)32(43)37-23-12-20(15-34-16-23)27-14-25-28(17-36-27)40-41-30(25)31-38-26-7-5-6-24(29(26)39-31)19-10-21(33)13-22(11-19)35-8-9-42(3)4/h5-7,10-18,35H,8-9H2,1-4H3,(H,37,43)(H,38,39)(H,40,41). The number of nitrogens with zero attached hydrogens (tertiary/aromatic N) is 5. The predicted molar refractivity (Wildman–Crippen MR) is 168 cm³/mol. The van der Waals surface area contributed by atoms with Crippen LogP contribution in [0.15, 0.2) is 67.1 Å². The molecule has 0 bridgehead atoms. The van der Waals surface area contributed by atoms with Crippen LogP contribution >= 0.6 is 0 Å². The van der Waals surface area contributed by atoms with Gasteiger partial charge >= 0.3 is 0 Å². The first kappa shape index (κ1) is 28.0. The van der Waals surface area contributed by atoms with Crippen LogP contribution in [0, 0.1) is 11.7 Å². The zero-order valence-corrected chi connectivity index (χ0v) is 24.4. The van der Waals surface area contributed by atoms with Crippen LogP contribution in [0.2, 0.25) is 0 Å². The van der Waals surface area contributed by atoms with Gasteiger partial charge in [0.25, 0.3) is 0 Å². The van der Waals surface area contributed by atoms with E-state index >= 15 is 0 Å². The summed E-state index contributed by atoms with van der Waals surface area (Å²) in [4.78, 5) is 31.4. The normalized spacial score (nSPS) is 11.6. The van der Waals surface area contributed by atoms with Crippen LogP contribution in [0.3, 0.4) is 0 Å². The lowest BCUT2D eigenvalue weighted by molar-refractivity contribution is -0.118. The second kappa shape index (κ2) is 11.6. The number of anilines is 2. The van der Waals surface area contributed by atoms with Crippen LogP contribution < -0.4 is 10.6 Å². The number of halogens is 1. The monoisotopic (exact) mass is 577 g/mol. The summed E-state index contributed by atoms with van der Waals surface area (Å²) in [6.07, 6.45) is 5.03. The van der Waals surface area contributed by atoms with Crippen molar-refractivity contribution < 1.29 is 9.18 Å². The molecule has 218 valence electrons. The summed E-state index contributed by atoms with van der Waals surface area (Å²) >= 11 is 0. The highest BCUT2D eigenvalue weighted by Crippen LogP contribution is 2.34. The number of carbonyl (C=O) groups excluding carboxylic acids is 1. The Morgan fingerprint density at radius 1 is 1.00 bits per heavy atom. The summed E-state index contributed by atoms with van der Waals surface area (Å²) < 4.78 is 14.7. The number of aromatic nitrogens is 6. The van der Waals surface area contributed by atoms with E-state index < -0.39 is 0 Å². The Morgan fingerprint density at radius 3 is 2.65 bits per heavy atom. The molecule has 43 heavy (non-hydrogen) atoms. The van der Waals surface area contributed by atoms with Gasteiger partial charge in [0, 0.05) is 47.4 Å². The zero-order valence-electron chi connectivity index (χ0n) is 24.4. The zero-order chi connectivity index (χ0) is 30.1. The molecule has 0 radical (unpaired) electrons. The highest BCUT2D eigenvalue weighted by atomic mass is 19.1. The van der Waals surface area contributed by atoms with Gasteiger partial charge in [-0.15, -0.1) is 0 Å². The van der Waals surface area contributed by atoms with Gasteiger partial charge in [-0.1, -0.05) is 26.0 Å². The molecule has 11 heteroatoms. The summed E-state index contributed by atoms with van der Waals surface area (Å²) in [5.41, 5.74) is 7.17. The molecule has 0 spiro atoms. The van der Waals surface area contributed by atoms with E-state index in [1.54, 1.807) is 18.6 Å². The van der Waals surface area contributed by atoms with E-state index in [2.05, 4.69) is 40.7 Å². The van der Waals surface area contributed by atoms with E-state index in [0.29, 0.717) is 40.6 Å². The van der Waals surface area contributed by atoms with Crippen molar-refractivity contribution >= 4 is 39.2 Å². The number of rotatable bonds is 9. The number of para-hydroxylation sites is 1. The quantitative estimate of drug-likeness (QED) is 0.168. The Hall–Kier alpha value is -5.16. The Balaban J connectivity index is 1.36. The molecule has 4 N–H and O–H groups in total. The van der Waals surface area contributed by atoms with Crippen LogP contribution in [0.4, 0.5) is 15.8 Å². The van der Waals surface area contributed by atoms with Crippen LogP contribution in [0.5, 0.6) is 0 Å². The molecule has 0 unspecified atom stereocenters. The summed E-state index contributed by atoms with van der Waals surface area (Å²) in [6, 6.07) is 14.5. The first-order valence-electron chi connectivity index (χ1n) is 14.0. The SMILES string of the molecule is CC(C)C(=O)Nc1cncc(-c2cc3c(-c4nc5c(-c6cc(F)cc(NCCN(C)C)c6)cccc5[nH]4)n[nH]c3cn2)c1. The first-order chi connectivity index (χ1) is 20.7. The maximum Gasteiger partial charge on any atom is 0.226 e. The minimum atomic E-state index is -0.321. The molecular formula is C32H32FN9O. The Morgan fingerprint density at radius 2 is 1.84 bits per heavy atom. The van der Waals surface area contributed by atoms with Crippen molar-refractivity contribution in [1.82, 2.24) is 35.0 Å². The number of hydrogen-bond donors (Lipinski definition) is 4. The third-order valence-corrected chi connectivity index (χ3v) is 7.11. The molecule has 2 aromatic carbocycles. The number of aromatic amines is 2. The smallest absolute Gasteiger partial charge is 0.226 e. The van der Waals surface area contributed by atoms with Crippen molar-refractivity contribution in [3.05, 3.63) is 72.9 Å². The molecule has 0 aliphatic heterocycles. The van der Waals surface area contributed by atoms with E-state index in [9.17, 15) is 9.18 Å². The average Bonchev–Trinajstić information content (AvgIpc) is 3.60. The number of likely N-dealkylation sites (N-methyl/N-ethyl adjacent to an activating group) is 1. The highest BCUT2D eigenvalue weighted by molar-refractivity contribution is 5.98. The molecule has 6 aromatic rings. The Bertz CT molecular complexity index is 1940. The van der Waals surface area contributed by atoms with Crippen LogP contribution in [0.1, 0.15) is 13.8 Å². The average molecular weight is 578 g/mol. The van der Waals surface area contributed by atoms with E-state index in [4.69, 9.17) is 4.98 Å². The van der Waals surface area contributed by atoms with Crippen LogP contribution in [-0.2, 0) is 4.79 Å². The number of pyridine rings is 2. The number of carbonyl (C=O) groups is 1.